The molecule has 0 fully saturated rings. The van der Waals surface area contributed by atoms with E-state index in [4.69, 9.17) is 16.1 Å². The lowest BCUT2D eigenvalue weighted by molar-refractivity contribution is 0.432. The first kappa shape index (κ1) is 13.9. The van der Waals surface area contributed by atoms with Crippen LogP contribution in [0.2, 0.25) is 5.15 Å². The van der Waals surface area contributed by atoms with Crippen molar-refractivity contribution in [2.75, 3.05) is 0 Å². The molecule has 0 N–H and O–H groups in total. The van der Waals surface area contributed by atoms with Crippen molar-refractivity contribution in [3.8, 4) is 22.8 Å². The lowest BCUT2D eigenvalue weighted by Crippen LogP contribution is -1.88. The van der Waals surface area contributed by atoms with Gasteiger partial charge in [0.25, 0.3) is 5.89 Å². The van der Waals surface area contributed by atoms with E-state index in [0.717, 1.165) is 22.0 Å². The van der Waals surface area contributed by atoms with E-state index in [2.05, 4.69) is 15.1 Å². The number of aryl methyl sites for hydroxylation is 1. The van der Waals surface area contributed by atoms with Gasteiger partial charge in [-0.25, -0.2) is 4.98 Å². The third-order valence-corrected chi connectivity index (χ3v) is 3.90. The zero-order chi connectivity index (χ0) is 15.8. The fourth-order valence-electron chi connectivity index (χ4n) is 2.44. The van der Waals surface area contributed by atoms with Crippen molar-refractivity contribution in [1.82, 2.24) is 15.1 Å². The molecular formula is C18H12ClN3O. The standard InChI is InChI=1S/C18H12ClN3O/c1-11-7-8-13-10-14(16(19)20-15(13)9-11)17-21-18(23-22-17)12-5-3-2-4-6-12/h2-10H,1H3. The molecule has 0 aliphatic heterocycles. The van der Waals surface area contributed by atoms with E-state index in [1.807, 2.05) is 61.5 Å². The van der Waals surface area contributed by atoms with Gasteiger partial charge in [0.15, 0.2) is 0 Å². The molecule has 4 rings (SSSR count). The van der Waals surface area contributed by atoms with Crippen molar-refractivity contribution in [2.45, 2.75) is 6.92 Å². The smallest absolute Gasteiger partial charge is 0.258 e. The molecule has 0 saturated carbocycles. The van der Waals surface area contributed by atoms with Crippen molar-refractivity contribution in [3.05, 3.63) is 65.3 Å². The highest BCUT2D eigenvalue weighted by Crippen LogP contribution is 2.29. The maximum Gasteiger partial charge on any atom is 0.258 e. The second-order valence-electron chi connectivity index (χ2n) is 5.31. The Balaban J connectivity index is 1.82. The molecule has 0 spiro atoms. The molecule has 0 radical (unpaired) electrons. The normalized spacial score (nSPS) is 11.0. The third-order valence-electron chi connectivity index (χ3n) is 3.61. The second-order valence-corrected chi connectivity index (χ2v) is 5.67. The number of fused-ring (bicyclic) bond motifs is 1. The Morgan fingerprint density at radius 3 is 2.61 bits per heavy atom. The van der Waals surface area contributed by atoms with Gasteiger partial charge in [-0.2, -0.15) is 4.98 Å². The molecular weight excluding hydrogens is 310 g/mol. The van der Waals surface area contributed by atoms with Crippen LogP contribution in [0.3, 0.4) is 0 Å². The summed E-state index contributed by atoms with van der Waals surface area (Å²) in [6, 6.07) is 17.6. The molecule has 0 aliphatic carbocycles. The van der Waals surface area contributed by atoms with Gasteiger partial charge >= 0.3 is 0 Å². The SMILES string of the molecule is Cc1ccc2cc(-c3noc(-c4ccccc4)n3)c(Cl)nc2c1. The van der Waals surface area contributed by atoms with Crippen LogP contribution in [-0.2, 0) is 0 Å². The maximum atomic E-state index is 6.31. The van der Waals surface area contributed by atoms with E-state index >= 15 is 0 Å². The van der Waals surface area contributed by atoms with Crippen LogP contribution >= 0.6 is 11.6 Å². The molecule has 5 heteroatoms. The number of nitrogens with zero attached hydrogens (tertiary/aromatic N) is 3. The largest absolute Gasteiger partial charge is 0.334 e. The van der Waals surface area contributed by atoms with Crippen LogP contribution in [0.1, 0.15) is 5.56 Å². The average Bonchev–Trinajstić information content (AvgIpc) is 3.05. The van der Waals surface area contributed by atoms with Crippen molar-refractivity contribution in [2.24, 2.45) is 0 Å². The molecule has 0 bridgehead atoms. The minimum absolute atomic E-state index is 0.364. The minimum atomic E-state index is 0.364. The Morgan fingerprint density at radius 2 is 1.78 bits per heavy atom. The third kappa shape index (κ3) is 2.58. The van der Waals surface area contributed by atoms with E-state index in [1.54, 1.807) is 0 Å². The summed E-state index contributed by atoms with van der Waals surface area (Å²) in [4.78, 5) is 8.87. The van der Waals surface area contributed by atoms with E-state index in [0.29, 0.717) is 22.4 Å². The predicted molar refractivity (Wildman–Crippen MR) is 90.2 cm³/mol. The van der Waals surface area contributed by atoms with Gasteiger partial charge in [-0.05, 0) is 36.8 Å². The number of hydrogen-bond donors (Lipinski definition) is 0. The number of hydrogen-bond acceptors (Lipinski definition) is 4. The second kappa shape index (κ2) is 5.48. The number of benzene rings is 2. The van der Waals surface area contributed by atoms with E-state index in [1.165, 1.54) is 0 Å². The summed E-state index contributed by atoms with van der Waals surface area (Å²) in [5.41, 5.74) is 3.52. The number of aromatic nitrogens is 3. The summed E-state index contributed by atoms with van der Waals surface area (Å²) < 4.78 is 5.34. The molecule has 4 nitrogen and oxygen atoms in total. The quantitative estimate of drug-likeness (QED) is 0.492. The van der Waals surface area contributed by atoms with Crippen molar-refractivity contribution >= 4 is 22.5 Å². The lowest BCUT2D eigenvalue weighted by atomic mass is 10.1. The molecule has 4 aromatic rings. The number of pyridine rings is 1. The first-order chi connectivity index (χ1) is 11.2. The van der Waals surface area contributed by atoms with Crippen LogP contribution in [0, 0.1) is 6.92 Å². The molecule has 2 heterocycles. The van der Waals surface area contributed by atoms with Crippen LogP contribution in [0.15, 0.2) is 59.1 Å². The van der Waals surface area contributed by atoms with E-state index in [9.17, 15) is 0 Å². The Labute approximate surface area is 137 Å². The van der Waals surface area contributed by atoms with E-state index < -0.39 is 0 Å². The highest BCUT2D eigenvalue weighted by atomic mass is 35.5. The Kier molecular flexibility index (Phi) is 3.32. The summed E-state index contributed by atoms with van der Waals surface area (Å²) in [6.45, 7) is 2.02. The van der Waals surface area contributed by atoms with Crippen LogP contribution in [0.4, 0.5) is 0 Å². The van der Waals surface area contributed by atoms with Gasteiger partial charge in [0.2, 0.25) is 5.82 Å². The van der Waals surface area contributed by atoms with Crippen molar-refractivity contribution in [1.29, 1.82) is 0 Å². The maximum absolute atomic E-state index is 6.31. The molecule has 112 valence electrons. The predicted octanol–water partition coefficient (Wildman–Crippen LogP) is 4.91. The van der Waals surface area contributed by atoms with Gasteiger partial charge in [-0.15, -0.1) is 0 Å². The molecule has 0 saturated heterocycles. The average molecular weight is 322 g/mol. The van der Waals surface area contributed by atoms with Gasteiger partial charge in [0.1, 0.15) is 5.15 Å². The monoisotopic (exact) mass is 321 g/mol. The summed E-state index contributed by atoms with van der Waals surface area (Å²) in [7, 11) is 0. The summed E-state index contributed by atoms with van der Waals surface area (Å²) >= 11 is 6.31. The minimum Gasteiger partial charge on any atom is -0.334 e. The van der Waals surface area contributed by atoms with Gasteiger partial charge < -0.3 is 4.52 Å². The molecule has 2 aromatic heterocycles. The van der Waals surface area contributed by atoms with Gasteiger partial charge in [-0.1, -0.05) is 47.1 Å². The Bertz CT molecular complexity index is 996. The van der Waals surface area contributed by atoms with Crippen LogP contribution < -0.4 is 0 Å². The van der Waals surface area contributed by atoms with Gasteiger partial charge in [-0.3, -0.25) is 0 Å². The summed E-state index contributed by atoms with van der Waals surface area (Å²) in [6.07, 6.45) is 0. The van der Waals surface area contributed by atoms with Crippen LogP contribution in [-0.4, -0.2) is 15.1 Å². The molecule has 0 aliphatic rings. The topological polar surface area (TPSA) is 51.8 Å². The first-order valence-electron chi connectivity index (χ1n) is 7.17. The summed E-state index contributed by atoms with van der Waals surface area (Å²) in [5, 5.41) is 5.39. The van der Waals surface area contributed by atoms with Gasteiger partial charge in [0, 0.05) is 10.9 Å². The van der Waals surface area contributed by atoms with Gasteiger partial charge in [0.05, 0.1) is 11.1 Å². The van der Waals surface area contributed by atoms with Crippen LogP contribution in [0.25, 0.3) is 33.7 Å². The number of rotatable bonds is 2. The molecule has 0 unspecified atom stereocenters. The molecule has 23 heavy (non-hydrogen) atoms. The first-order valence-corrected chi connectivity index (χ1v) is 7.55. The fourth-order valence-corrected chi connectivity index (χ4v) is 2.67. The van der Waals surface area contributed by atoms with E-state index in [-0.39, 0.29) is 0 Å². The fraction of sp³-hybridized carbons (Fsp3) is 0.0556. The Morgan fingerprint density at radius 1 is 0.957 bits per heavy atom. The number of halogens is 1. The zero-order valence-corrected chi connectivity index (χ0v) is 13.1. The van der Waals surface area contributed by atoms with Crippen molar-refractivity contribution in [3.63, 3.8) is 0 Å². The summed E-state index contributed by atoms with van der Waals surface area (Å²) in [5.74, 6) is 0.893. The zero-order valence-electron chi connectivity index (χ0n) is 12.3. The lowest BCUT2D eigenvalue weighted by Gasteiger charge is -2.03. The highest BCUT2D eigenvalue weighted by Gasteiger charge is 2.15. The van der Waals surface area contributed by atoms with Crippen LogP contribution in [0.5, 0.6) is 0 Å². The molecule has 0 amide bonds. The molecule has 2 aromatic carbocycles. The Hall–Kier alpha value is -2.72. The molecule has 0 atom stereocenters. The van der Waals surface area contributed by atoms with Crippen molar-refractivity contribution < 1.29 is 4.52 Å². The highest BCUT2D eigenvalue weighted by molar-refractivity contribution is 6.32.